The minimum absolute atomic E-state index is 0.0792. The molecule has 1 rings (SSSR count). The average Bonchev–Trinajstić information content (AvgIpc) is 2.02. The Balaban J connectivity index is 1.98. The van der Waals surface area contributed by atoms with Gasteiger partial charge < -0.3 is 15.2 Å². The molecule has 0 aromatic heterocycles. The normalized spacial score (nSPS) is 26.6. The third-order valence-electron chi connectivity index (χ3n) is 2.27. The molecule has 76 valence electrons. The first-order valence-corrected chi connectivity index (χ1v) is 4.73. The fourth-order valence-electron chi connectivity index (χ4n) is 1.39. The van der Waals surface area contributed by atoms with Crippen LogP contribution >= 0.6 is 0 Å². The minimum Gasteiger partial charge on any atom is -0.464 e. The van der Waals surface area contributed by atoms with Crippen molar-refractivity contribution >= 4 is 5.97 Å². The largest absolute Gasteiger partial charge is 0.464 e. The number of hydrogen-bond acceptors (Lipinski definition) is 4. The monoisotopic (exact) mass is 187 g/mol. The van der Waals surface area contributed by atoms with Crippen molar-refractivity contribution in [3.05, 3.63) is 0 Å². The predicted octanol–water partition coefficient (Wildman–Crippen LogP) is 0.303. The summed E-state index contributed by atoms with van der Waals surface area (Å²) in [7, 11) is 0. The van der Waals surface area contributed by atoms with Crippen molar-refractivity contribution in [2.45, 2.75) is 25.9 Å². The number of esters is 1. The van der Waals surface area contributed by atoms with Gasteiger partial charge in [-0.15, -0.1) is 0 Å². The molecule has 1 saturated carbocycles. The first-order valence-electron chi connectivity index (χ1n) is 4.73. The molecule has 0 saturated heterocycles. The second-order valence-electron chi connectivity index (χ2n) is 3.31. The zero-order valence-corrected chi connectivity index (χ0v) is 7.99. The summed E-state index contributed by atoms with van der Waals surface area (Å²) in [4.78, 5) is 10.9. The maximum atomic E-state index is 10.9. The molecule has 0 aliphatic heterocycles. The number of ether oxygens (including phenoxy) is 2. The van der Waals surface area contributed by atoms with Gasteiger partial charge in [0.1, 0.15) is 6.61 Å². The Labute approximate surface area is 78.4 Å². The van der Waals surface area contributed by atoms with Gasteiger partial charge >= 0.3 is 5.97 Å². The van der Waals surface area contributed by atoms with Gasteiger partial charge in [-0.2, -0.15) is 0 Å². The van der Waals surface area contributed by atoms with Gasteiger partial charge in [-0.3, -0.25) is 0 Å². The molecule has 0 bridgehead atoms. The highest BCUT2D eigenvalue weighted by Crippen LogP contribution is 2.28. The van der Waals surface area contributed by atoms with Crippen molar-refractivity contribution in [1.29, 1.82) is 0 Å². The summed E-state index contributed by atoms with van der Waals surface area (Å²) in [6.07, 6.45) is 2.18. The van der Waals surface area contributed by atoms with Crippen LogP contribution in [0.1, 0.15) is 19.8 Å². The highest BCUT2D eigenvalue weighted by molar-refractivity contribution is 5.70. The summed E-state index contributed by atoms with van der Waals surface area (Å²) < 4.78 is 10.0. The smallest absolute Gasteiger partial charge is 0.332 e. The van der Waals surface area contributed by atoms with Crippen molar-refractivity contribution in [2.75, 3.05) is 19.8 Å². The maximum absolute atomic E-state index is 10.9. The average molecular weight is 187 g/mol. The predicted molar refractivity (Wildman–Crippen MR) is 48.2 cm³/mol. The highest BCUT2D eigenvalue weighted by Gasteiger charge is 2.29. The second kappa shape index (κ2) is 5.19. The fourth-order valence-corrected chi connectivity index (χ4v) is 1.39. The van der Waals surface area contributed by atoms with Crippen LogP contribution in [0.2, 0.25) is 0 Å². The van der Waals surface area contributed by atoms with Gasteiger partial charge in [0.15, 0.2) is 0 Å². The molecule has 13 heavy (non-hydrogen) atoms. The van der Waals surface area contributed by atoms with Gasteiger partial charge in [0.2, 0.25) is 0 Å². The minimum atomic E-state index is -0.279. The van der Waals surface area contributed by atoms with E-state index < -0.39 is 0 Å². The van der Waals surface area contributed by atoms with Gasteiger partial charge in [0, 0.05) is 0 Å². The summed E-state index contributed by atoms with van der Waals surface area (Å²) in [5.41, 5.74) is 5.45. The molecule has 0 aromatic rings. The lowest BCUT2D eigenvalue weighted by Gasteiger charge is -2.33. The van der Waals surface area contributed by atoms with Crippen LogP contribution in [0.15, 0.2) is 0 Å². The molecule has 0 amide bonds. The Kier molecular flexibility index (Phi) is 4.18. The van der Waals surface area contributed by atoms with E-state index in [0.29, 0.717) is 12.5 Å². The molecule has 0 unspecified atom stereocenters. The first kappa shape index (κ1) is 10.5. The van der Waals surface area contributed by atoms with E-state index in [4.69, 9.17) is 15.2 Å². The van der Waals surface area contributed by atoms with Crippen molar-refractivity contribution in [3.63, 3.8) is 0 Å². The molecule has 1 aliphatic carbocycles. The van der Waals surface area contributed by atoms with E-state index >= 15 is 0 Å². The first-order chi connectivity index (χ1) is 6.26. The van der Waals surface area contributed by atoms with Crippen LogP contribution in [-0.2, 0) is 14.3 Å². The van der Waals surface area contributed by atoms with Gasteiger partial charge in [-0.25, -0.2) is 4.79 Å². The Morgan fingerprint density at radius 1 is 1.54 bits per heavy atom. The third kappa shape index (κ3) is 3.32. The van der Waals surface area contributed by atoms with Gasteiger partial charge in [0.25, 0.3) is 0 Å². The van der Waals surface area contributed by atoms with Gasteiger partial charge in [-0.1, -0.05) is 0 Å². The lowest BCUT2D eigenvalue weighted by molar-refractivity contribution is -0.153. The molecular weight excluding hydrogens is 170 g/mol. The van der Waals surface area contributed by atoms with E-state index in [-0.39, 0.29) is 18.7 Å². The van der Waals surface area contributed by atoms with Crippen LogP contribution in [0.5, 0.6) is 0 Å². The summed E-state index contributed by atoms with van der Waals surface area (Å²) >= 11 is 0. The van der Waals surface area contributed by atoms with Crippen molar-refractivity contribution in [1.82, 2.24) is 0 Å². The molecule has 1 aliphatic rings. The fraction of sp³-hybridized carbons (Fsp3) is 0.889. The van der Waals surface area contributed by atoms with Crippen LogP contribution in [0, 0.1) is 5.92 Å². The van der Waals surface area contributed by atoms with Crippen molar-refractivity contribution in [3.8, 4) is 0 Å². The molecule has 0 spiro atoms. The molecule has 0 radical (unpaired) electrons. The van der Waals surface area contributed by atoms with Crippen molar-refractivity contribution < 1.29 is 14.3 Å². The van der Waals surface area contributed by atoms with Crippen LogP contribution in [0.4, 0.5) is 0 Å². The zero-order valence-electron chi connectivity index (χ0n) is 7.99. The van der Waals surface area contributed by atoms with E-state index in [1.165, 1.54) is 0 Å². The summed E-state index contributed by atoms with van der Waals surface area (Å²) in [6.45, 7) is 3.00. The molecule has 4 nitrogen and oxygen atoms in total. The van der Waals surface area contributed by atoms with Crippen LogP contribution in [-0.4, -0.2) is 31.8 Å². The highest BCUT2D eigenvalue weighted by atomic mass is 16.6. The molecule has 0 aromatic carbocycles. The summed E-state index contributed by atoms with van der Waals surface area (Å²) in [6, 6.07) is 0. The lowest BCUT2D eigenvalue weighted by Crippen LogP contribution is -2.37. The number of carbonyl (C=O) groups is 1. The van der Waals surface area contributed by atoms with Gasteiger partial charge in [0.05, 0.1) is 12.7 Å². The molecule has 0 heterocycles. The lowest BCUT2D eigenvalue weighted by atomic mass is 9.82. The number of nitrogens with two attached hydrogens (primary N) is 1. The number of rotatable bonds is 5. The van der Waals surface area contributed by atoms with Crippen LogP contribution < -0.4 is 5.73 Å². The van der Waals surface area contributed by atoms with Crippen LogP contribution in [0.3, 0.4) is 0 Å². The Hall–Kier alpha value is -0.610. The van der Waals surface area contributed by atoms with Crippen molar-refractivity contribution in [2.24, 2.45) is 11.7 Å². The van der Waals surface area contributed by atoms with E-state index in [1.54, 1.807) is 6.92 Å². The quantitative estimate of drug-likeness (QED) is 0.629. The third-order valence-corrected chi connectivity index (χ3v) is 2.27. The molecule has 2 N–H and O–H groups in total. The standard InChI is InChI=1S/C9H17NO3/c1-2-12-9(11)6-13-8-3-7(4-8)5-10/h7-8H,2-6,10H2,1H3. The number of carbonyl (C=O) groups excluding carboxylic acids is 1. The molecular formula is C9H17NO3. The Morgan fingerprint density at radius 2 is 2.23 bits per heavy atom. The van der Waals surface area contributed by atoms with Gasteiger partial charge in [-0.05, 0) is 32.2 Å². The maximum Gasteiger partial charge on any atom is 0.332 e. The summed E-state index contributed by atoms with van der Waals surface area (Å²) in [5.74, 6) is 0.311. The van der Waals surface area contributed by atoms with E-state index in [2.05, 4.69) is 0 Å². The molecule has 0 atom stereocenters. The zero-order chi connectivity index (χ0) is 9.68. The molecule has 1 fully saturated rings. The Morgan fingerprint density at radius 3 is 2.77 bits per heavy atom. The summed E-state index contributed by atoms with van der Waals surface area (Å²) in [5, 5.41) is 0. The van der Waals surface area contributed by atoms with Crippen LogP contribution in [0.25, 0.3) is 0 Å². The topological polar surface area (TPSA) is 61.5 Å². The van der Waals surface area contributed by atoms with E-state index in [0.717, 1.165) is 19.4 Å². The molecule has 4 heteroatoms. The van der Waals surface area contributed by atoms with E-state index in [1.807, 2.05) is 0 Å². The number of hydrogen-bond donors (Lipinski definition) is 1. The van der Waals surface area contributed by atoms with E-state index in [9.17, 15) is 4.79 Å². The second-order valence-corrected chi connectivity index (χ2v) is 3.31. The SMILES string of the molecule is CCOC(=O)COC1CC(CN)C1. The Bertz CT molecular complexity index is 166.